The van der Waals surface area contributed by atoms with Crippen LogP contribution in [0.2, 0.25) is 0 Å². The summed E-state index contributed by atoms with van der Waals surface area (Å²) in [5.41, 5.74) is 1.56. The van der Waals surface area contributed by atoms with Crippen LogP contribution in [0.15, 0.2) is 40.9 Å². The third kappa shape index (κ3) is 4.53. The zero-order chi connectivity index (χ0) is 20.4. The summed E-state index contributed by atoms with van der Waals surface area (Å²) in [6.45, 7) is 1.80. The molecule has 1 atom stereocenters. The van der Waals surface area contributed by atoms with Crippen molar-refractivity contribution in [3.05, 3.63) is 48.0 Å². The quantitative estimate of drug-likeness (QED) is 0.655. The number of sulfone groups is 1. The van der Waals surface area contributed by atoms with E-state index < -0.39 is 9.84 Å². The Labute approximate surface area is 168 Å². The van der Waals surface area contributed by atoms with E-state index in [1.807, 2.05) is 30.3 Å². The number of anilines is 1. The molecule has 1 N–H and O–H groups in total. The maximum absolute atomic E-state index is 12.4. The van der Waals surface area contributed by atoms with Gasteiger partial charge in [-0.15, -0.1) is 0 Å². The van der Waals surface area contributed by atoms with Gasteiger partial charge in [0.15, 0.2) is 9.84 Å². The second kappa shape index (κ2) is 7.78. The minimum Gasteiger partial charge on any atom is -0.339 e. The lowest BCUT2D eigenvalue weighted by atomic mass is 10.2. The smallest absolute Gasteiger partial charge is 0.227 e. The van der Waals surface area contributed by atoms with E-state index in [0.29, 0.717) is 36.1 Å². The van der Waals surface area contributed by atoms with Gasteiger partial charge in [-0.05, 0) is 13.3 Å². The van der Waals surface area contributed by atoms with E-state index >= 15 is 0 Å². The highest BCUT2D eigenvalue weighted by atomic mass is 32.2. The van der Waals surface area contributed by atoms with Crippen LogP contribution < -0.4 is 5.32 Å². The highest BCUT2D eigenvalue weighted by Gasteiger charge is 2.31. The second-order valence-electron chi connectivity index (χ2n) is 7.10. The number of aryl methyl sites for hydroxylation is 2. The average Bonchev–Trinajstić information content (AvgIpc) is 3.39. The molecule has 2 aromatic heterocycles. The molecule has 1 saturated heterocycles. The average molecular weight is 415 g/mol. The molecule has 10 heteroatoms. The number of nitrogens with zero attached hydrogens (tertiary/aromatic N) is 4. The Kier molecular flexibility index (Phi) is 5.18. The Morgan fingerprint density at radius 3 is 2.83 bits per heavy atom. The number of amides is 1. The molecule has 1 aliphatic rings. The van der Waals surface area contributed by atoms with E-state index in [9.17, 15) is 13.2 Å². The van der Waals surface area contributed by atoms with Gasteiger partial charge in [0.1, 0.15) is 5.82 Å². The Balaban J connectivity index is 1.38. The van der Waals surface area contributed by atoms with Crippen molar-refractivity contribution in [3.8, 4) is 11.4 Å². The summed E-state index contributed by atoms with van der Waals surface area (Å²) in [7, 11) is -3.05. The molecule has 1 aromatic carbocycles. The number of hydrogen-bond donors (Lipinski definition) is 1. The summed E-state index contributed by atoms with van der Waals surface area (Å²) >= 11 is 0. The topological polar surface area (TPSA) is 120 Å². The first-order valence-electron chi connectivity index (χ1n) is 9.34. The fourth-order valence-corrected chi connectivity index (χ4v) is 5.04. The second-order valence-corrected chi connectivity index (χ2v) is 9.33. The maximum Gasteiger partial charge on any atom is 0.227 e. The van der Waals surface area contributed by atoms with Crippen LogP contribution in [0.25, 0.3) is 11.4 Å². The molecule has 0 saturated carbocycles. The van der Waals surface area contributed by atoms with E-state index in [0.717, 1.165) is 5.56 Å². The van der Waals surface area contributed by atoms with Crippen molar-refractivity contribution in [1.29, 1.82) is 0 Å². The zero-order valence-corrected chi connectivity index (χ0v) is 16.7. The first-order valence-corrected chi connectivity index (χ1v) is 11.2. The number of rotatable bonds is 6. The van der Waals surface area contributed by atoms with Crippen LogP contribution in [-0.4, -0.2) is 45.8 Å². The molecule has 0 bridgehead atoms. The summed E-state index contributed by atoms with van der Waals surface area (Å²) in [6, 6.07) is 10.9. The molecule has 0 aliphatic carbocycles. The lowest BCUT2D eigenvalue weighted by Gasteiger charge is -2.13. The van der Waals surface area contributed by atoms with Crippen LogP contribution in [0.3, 0.4) is 0 Å². The van der Waals surface area contributed by atoms with E-state index in [1.165, 1.54) is 0 Å². The first-order chi connectivity index (χ1) is 13.9. The van der Waals surface area contributed by atoms with Crippen LogP contribution in [0.5, 0.6) is 0 Å². The van der Waals surface area contributed by atoms with Crippen LogP contribution in [0.4, 0.5) is 5.82 Å². The van der Waals surface area contributed by atoms with Gasteiger partial charge in [0.05, 0.1) is 23.2 Å². The normalized spacial score (nSPS) is 18.0. The third-order valence-electron chi connectivity index (χ3n) is 4.75. The molecule has 3 aromatic rings. The largest absolute Gasteiger partial charge is 0.339 e. The number of benzene rings is 1. The van der Waals surface area contributed by atoms with Crippen molar-refractivity contribution in [1.82, 2.24) is 19.9 Å². The van der Waals surface area contributed by atoms with Crippen molar-refractivity contribution in [2.45, 2.75) is 32.2 Å². The van der Waals surface area contributed by atoms with Crippen molar-refractivity contribution >= 4 is 21.6 Å². The van der Waals surface area contributed by atoms with E-state index in [1.54, 1.807) is 17.7 Å². The fraction of sp³-hybridized carbons (Fsp3) is 0.368. The lowest BCUT2D eigenvalue weighted by molar-refractivity contribution is -0.116. The monoisotopic (exact) mass is 415 g/mol. The zero-order valence-electron chi connectivity index (χ0n) is 15.9. The van der Waals surface area contributed by atoms with Gasteiger partial charge >= 0.3 is 0 Å². The van der Waals surface area contributed by atoms with Gasteiger partial charge < -0.3 is 9.84 Å². The van der Waals surface area contributed by atoms with Gasteiger partial charge in [0.25, 0.3) is 0 Å². The Bertz CT molecular complexity index is 1120. The van der Waals surface area contributed by atoms with E-state index in [2.05, 4.69) is 20.6 Å². The molecule has 1 amide bonds. The van der Waals surface area contributed by atoms with Gasteiger partial charge in [-0.25, -0.2) is 13.1 Å². The van der Waals surface area contributed by atoms with Crippen LogP contribution >= 0.6 is 0 Å². The summed E-state index contributed by atoms with van der Waals surface area (Å²) in [6.07, 6.45) is 0.955. The van der Waals surface area contributed by atoms with E-state index in [-0.39, 0.29) is 29.9 Å². The Morgan fingerprint density at radius 2 is 2.10 bits per heavy atom. The number of hydrogen-bond acceptors (Lipinski definition) is 7. The molecule has 152 valence electrons. The van der Waals surface area contributed by atoms with Gasteiger partial charge in [0, 0.05) is 24.5 Å². The van der Waals surface area contributed by atoms with Gasteiger partial charge in [-0.3, -0.25) is 4.79 Å². The minimum atomic E-state index is -3.05. The molecule has 0 spiro atoms. The van der Waals surface area contributed by atoms with Gasteiger partial charge in [0.2, 0.25) is 17.6 Å². The fourth-order valence-electron chi connectivity index (χ4n) is 3.34. The number of aromatic nitrogens is 4. The van der Waals surface area contributed by atoms with Gasteiger partial charge in [-0.2, -0.15) is 10.1 Å². The Morgan fingerprint density at radius 1 is 1.31 bits per heavy atom. The molecular weight excluding hydrogens is 394 g/mol. The molecule has 0 radical (unpaired) electrons. The van der Waals surface area contributed by atoms with Crippen molar-refractivity contribution < 1.29 is 17.7 Å². The van der Waals surface area contributed by atoms with Gasteiger partial charge in [-0.1, -0.05) is 35.5 Å². The van der Waals surface area contributed by atoms with Crippen molar-refractivity contribution in [3.63, 3.8) is 0 Å². The van der Waals surface area contributed by atoms with Crippen LogP contribution in [0.1, 0.15) is 30.5 Å². The molecule has 0 unspecified atom stereocenters. The number of nitrogens with one attached hydrogen (secondary N) is 1. The predicted octanol–water partition coefficient (Wildman–Crippen LogP) is 2.17. The standard InChI is InChI=1S/C19H21N5O4S/c1-13-11-16(24(22-13)15-9-10-29(26,27)12-15)20-17(25)7-8-18-21-19(23-28-18)14-5-3-2-4-6-14/h2-6,11,15H,7-10,12H2,1H3,(H,20,25)/t15-/m0/s1. The maximum atomic E-state index is 12.4. The molecular formula is C19H21N5O4S. The summed E-state index contributed by atoms with van der Waals surface area (Å²) in [5.74, 6) is 1.32. The van der Waals surface area contributed by atoms with Crippen LogP contribution in [-0.2, 0) is 21.1 Å². The highest BCUT2D eigenvalue weighted by Crippen LogP contribution is 2.27. The summed E-state index contributed by atoms with van der Waals surface area (Å²) in [5, 5.41) is 11.1. The Hall–Kier alpha value is -3.01. The molecule has 29 heavy (non-hydrogen) atoms. The first kappa shape index (κ1) is 19.3. The predicted molar refractivity (Wildman–Crippen MR) is 106 cm³/mol. The SMILES string of the molecule is Cc1cc(NC(=O)CCc2nc(-c3ccccc3)no2)n([C@H]2CCS(=O)(=O)C2)n1. The molecule has 3 heterocycles. The van der Waals surface area contributed by atoms with Crippen LogP contribution in [0, 0.1) is 6.92 Å². The summed E-state index contributed by atoms with van der Waals surface area (Å²) < 4.78 is 30.4. The lowest BCUT2D eigenvalue weighted by Crippen LogP contribution is -2.19. The van der Waals surface area contributed by atoms with Crippen molar-refractivity contribution in [2.24, 2.45) is 0 Å². The molecule has 1 aliphatic heterocycles. The van der Waals surface area contributed by atoms with E-state index in [4.69, 9.17) is 4.52 Å². The molecule has 1 fully saturated rings. The highest BCUT2D eigenvalue weighted by molar-refractivity contribution is 7.91. The number of carbonyl (C=O) groups excluding carboxylic acids is 1. The minimum absolute atomic E-state index is 0.0429. The van der Waals surface area contributed by atoms with Crippen molar-refractivity contribution in [2.75, 3.05) is 16.8 Å². The molecule has 9 nitrogen and oxygen atoms in total. The molecule has 4 rings (SSSR count). The number of carbonyl (C=O) groups is 1. The third-order valence-corrected chi connectivity index (χ3v) is 6.50. The summed E-state index contributed by atoms with van der Waals surface area (Å²) in [4.78, 5) is 16.7.